The van der Waals surface area contributed by atoms with Gasteiger partial charge < -0.3 is 19.2 Å². The molecule has 0 spiro atoms. The van der Waals surface area contributed by atoms with Crippen molar-refractivity contribution < 1.29 is 18.7 Å². The molecule has 2 rings (SSSR count). The van der Waals surface area contributed by atoms with Crippen LogP contribution < -0.4 is 5.32 Å². The van der Waals surface area contributed by atoms with Crippen LogP contribution in [0.5, 0.6) is 0 Å². The van der Waals surface area contributed by atoms with Gasteiger partial charge in [-0.05, 0) is 22.0 Å². The van der Waals surface area contributed by atoms with Crippen molar-refractivity contribution in [1.82, 2.24) is 5.32 Å². The Morgan fingerprint density at radius 2 is 2.44 bits per heavy atom. The van der Waals surface area contributed by atoms with Crippen molar-refractivity contribution in [3.63, 3.8) is 0 Å². The number of nitrogens with one attached hydrogen (secondary N) is 1. The van der Waals surface area contributed by atoms with Gasteiger partial charge in [-0.2, -0.15) is 0 Å². The number of halogens is 1. The van der Waals surface area contributed by atoms with Crippen molar-refractivity contribution in [1.29, 1.82) is 0 Å². The van der Waals surface area contributed by atoms with Crippen LogP contribution in [-0.2, 0) is 9.47 Å². The normalized spacial score (nSPS) is 20.7. The molecule has 1 N–H and O–H groups in total. The van der Waals surface area contributed by atoms with E-state index in [1.54, 1.807) is 6.07 Å². The van der Waals surface area contributed by atoms with E-state index in [1.165, 1.54) is 6.26 Å². The number of rotatable bonds is 3. The van der Waals surface area contributed by atoms with Gasteiger partial charge in [0.25, 0.3) is 5.91 Å². The first kappa shape index (κ1) is 11.6. The maximum atomic E-state index is 11.7. The van der Waals surface area contributed by atoms with E-state index in [4.69, 9.17) is 13.9 Å². The summed E-state index contributed by atoms with van der Waals surface area (Å²) in [6.07, 6.45) is 1.39. The number of ether oxygens (including phenoxy) is 2. The Kier molecular flexibility index (Phi) is 3.98. The summed E-state index contributed by atoms with van der Waals surface area (Å²) in [5, 5.41) is 2.76. The molecule has 1 unspecified atom stereocenters. The lowest BCUT2D eigenvalue weighted by Gasteiger charge is -2.22. The number of hydrogen-bond donors (Lipinski definition) is 1. The zero-order valence-electron chi connectivity index (χ0n) is 8.57. The van der Waals surface area contributed by atoms with Crippen molar-refractivity contribution in [3.05, 3.63) is 22.6 Å². The van der Waals surface area contributed by atoms with Crippen LogP contribution in [0.3, 0.4) is 0 Å². The number of amides is 1. The van der Waals surface area contributed by atoms with Gasteiger partial charge in [0.15, 0.2) is 4.67 Å². The van der Waals surface area contributed by atoms with Gasteiger partial charge in [0.1, 0.15) is 0 Å². The Morgan fingerprint density at radius 3 is 3.06 bits per heavy atom. The lowest BCUT2D eigenvalue weighted by molar-refractivity contribution is -0.0855. The van der Waals surface area contributed by atoms with Gasteiger partial charge >= 0.3 is 0 Å². The SMILES string of the molecule is O=C(NCC1COCCO1)c1ccoc1Br. The Morgan fingerprint density at radius 1 is 1.56 bits per heavy atom. The minimum atomic E-state index is -0.185. The molecule has 0 saturated carbocycles. The van der Waals surface area contributed by atoms with E-state index < -0.39 is 0 Å². The molecule has 5 nitrogen and oxygen atoms in total. The molecule has 1 aliphatic heterocycles. The molecule has 6 heteroatoms. The van der Waals surface area contributed by atoms with Gasteiger partial charge in [0, 0.05) is 6.54 Å². The van der Waals surface area contributed by atoms with Crippen molar-refractivity contribution in [3.8, 4) is 0 Å². The molecule has 1 aromatic heterocycles. The third-order valence-corrected chi connectivity index (χ3v) is 2.85. The van der Waals surface area contributed by atoms with Crippen LogP contribution in [0.2, 0.25) is 0 Å². The average Bonchev–Trinajstić information content (AvgIpc) is 2.74. The Labute approximate surface area is 101 Å². The molecular weight excluding hydrogens is 278 g/mol. The summed E-state index contributed by atoms with van der Waals surface area (Å²) in [5.41, 5.74) is 0.483. The zero-order valence-corrected chi connectivity index (χ0v) is 10.2. The number of carbonyl (C=O) groups excluding carboxylic acids is 1. The van der Waals surface area contributed by atoms with Crippen molar-refractivity contribution in [2.45, 2.75) is 6.10 Å². The van der Waals surface area contributed by atoms with E-state index in [2.05, 4.69) is 21.2 Å². The smallest absolute Gasteiger partial charge is 0.255 e. The summed E-state index contributed by atoms with van der Waals surface area (Å²) in [6, 6.07) is 1.61. The molecular formula is C10H12BrNO4. The fourth-order valence-electron chi connectivity index (χ4n) is 1.41. The first-order chi connectivity index (χ1) is 7.77. The number of furan rings is 1. The Bertz CT molecular complexity index is 359. The van der Waals surface area contributed by atoms with Gasteiger partial charge in [-0.1, -0.05) is 0 Å². The molecule has 1 fully saturated rings. The van der Waals surface area contributed by atoms with E-state index >= 15 is 0 Å². The second-order valence-corrected chi connectivity index (χ2v) is 4.11. The monoisotopic (exact) mass is 289 g/mol. The Balaban J connectivity index is 1.81. The summed E-state index contributed by atoms with van der Waals surface area (Å²) in [4.78, 5) is 11.7. The summed E-state index contributed by atoms with van der Waals surface area (Å²) < 4.78 is 16.0. The van der Waals surface area contributed by atoms with Gasteiger partial charge in [-0.15, -0.1) is 0 Å². The van der Waals surface area contributed by atoms with E-state index in [9.17, 15) is 4.79 Å². The number of carbonyl (C=O) groups is 1. The molecule has 1 atom stereocenters. The van der Waals surface area contributed by atoms with Gasteiger partial charge in [0.2, 0.25) is 0 Å². The lowest BCUT2D eigenvalue weighted by Crippen LogP contribution is -2.39. The largest absolute Gasteiger partial charge is 0.457 e. The van der Waals surface area contributed by atoms with Crippen LogP contribution in [0, 0.1) is 0 Å². The van der Waals surface area contributed by atoms with Crippen LogP contribution in [0.4, 0.5) is 0 Å². The predicted molar refractivity (Wildman–Crippen MR) is 59.3 cm³/mol. The van der Waals surface area contributed by atoms with E-state index in [1.807, 2.05) is 0 Å². The predicted octanol–water partition coefficient (Wildman–Crippen LogP) is 1.19. The van der Waals surface area contributed by atoms with Crippen LogP contribution in [0.15, 0.2) is 21.4 Å². The summed E-state index contributed by atoms with van der Waals surface area (Å²) in [7, 11) is 0. The minimum Gasteiger partial charge on any atom is -0.457 e. The maximum Gasteiger partial charge on any atom is 0.255 e. The highest BCUT2D eigenvalue weighted by atomic mass is 79.9. The zero-order chi connectivity index (χ0) is 11.4. The summed E-state index contributed by atoms with van der Waals surface area (Å²) in [5.74, 6) is -0.185. The van der Waals surface area contributed by atoms with Crippen molar-refractivity contribution in [2.24, 2.45) is 0 Å². The molecule has 2 heterocycles. The first-order valence-electron chi connectivity index (χ1n) is 4.98. The quantitative estimate of drug-likeness (QED) is 0.908. The van der Waals surface area contributed by atoms with E-state index in [0.717, 1.165) is 0 Å². The van der Waals surface area contributed by atoms with Gasteiger partial charge in [-0.3, -0.25) is 4.79 Å². The third kappa shape index (κ3) is 2.84. The fraction of sp³-hybridized carbons (Fsp3) is 0.500. The maximum absolute atomic E-state index is 11.7. The van der Waals surface area contributed by atoms with Crippen molar-refractivity contribution in [2.75, 3.05) is 26.4 Å². The third-order valence-electron chi connectivity index (χ3n) is 2.24. The minimum absolute atomic E-state index is 0.0663. The summed E-state index contributed by atoms with van der Waals surface area (Å²) >= 11 is 3.15. The highest BCUT2D eigenvalue weighted by molar-refractivity contribution is 9.10. The lowest BCUT2D eigenvalue weighted by atomic mass is 10.3. The second kappa shape index (κ2) is 5.47. The number of hydrogen-bond acceptors (Lipinski definition) is 4. The van der Waals surface area contributed by atoms with Crippen LogP contribution in [0.25, 0.3) is 0 Å². The van der Waals surface area contributed by atoms with Gasteiger partial charge in [-0.25, -0.2) is 0 Å². The topological polar surface area (TPSA) is 60.7 Å². The molecule has 0 bridgehead atoms. The van der Waals surface area contributed by atoms with Gasteiger partial charge in [0.05, 0.1) is 37.8 Å². The Hall–Kier alpha value is -0.850. The van der Waals surface area contributed by atoms with Crippen LogP contribution >= 0.6 is 15.9 Å². The second-order valence-electron chi connectivity index (χ2n) is 3.39. The molecule has 1 amide bonds. The highest BCUT2D eigenvalue weighted by Crippen LogP contribution is 2.17. The van der Waals surface area contributed by atoms with Crippen LogP contribution in [-0.4, -0.2) is 38.4 Å². The first-order valence-corrected chi connectivity index (χ1v) is 5.77. The molecule has 0 aliphatic carbocycles. The molecule has 0 radical (unpaired) electrons. The van der Waals surface area contributed by atoms with E-state index in [0.29, 0.717) is 36.6 Å². The molecule has 1 aliphatic rings. The molecule has 1 aromatic rings. The van der Waals surface area contributed by atoms with Crippen molar-refractivity contribution >= 4 is 21.8 Å². The molecule has 88 valence electrons. The summed E-state index contributed by atoms with van der Waals surface area (Å²) in [6.45, 7) is 2.16. The molecule has 16 heavy (non-hydrogen) atoms. The standard InChI is InChI=1S/C10H12BrNO4/c11-9-8(1-2-16-9)10(13)12-5-7-6-14-3-4-15-7/h1-2,7H,3-6H2,(H,12,13). The van der Waals surface area contributed by atoms with Crippen LogP contribution in [0.1, 0.15) is 10.4 Å². The fourth-order valence-corrected chi connectivity index (χ4v) is 1.83. The molecule has 1 saturated heterocycles. The highest BCUT2D eigenvalue weighted by Gasteiger charge is 2.17. The van der Waals surface area contributed by atoms with E-state index in [-0.39, 0.29) is 12.0 Å². The molecule has 0 aromatic carbocycles. The average molecular weight is 290 g/mol.